The summed E-state index contributed by atoms with van der Waals surface area (Å²) in [5.74, 6) is -0.937. The molecule has 0 saturated heterocycles. The minimum atomic E-state index is -1.13. The van der Waals surface area contributed by atoms with E-state index >= 15 is 0 Å². The first-order valence-electron chi connectivity index (χ1n) is 7.28. The smallest absolute Gasteiger partial charge is 0.303 e. The highest BCUT2D eigenvalue weighted by Gasteiger charge is 2.18. The van der Waals surface area contributed by atoms with Crippen molar-refractivity contribution in [3.8, 4) is 29.1 Å². The summed E-state index contributed by atoms with van der Waals surface area (Å²) >= 11 is 0. The number of benzene rings is 2. The van der Waals surface area contributed by atoms with E-state index in [4.69, 9.17) is 19.8 Å². The molecule has 2 aromatic rings. The Kier molecular flexibility index (Phi) is 5.58. The molecule has 0 heterocycles. The van der Waals surface area contributed by atoms with Crippen molar-refractivity contribution in [1.82, 2.24) is 0 Å². The predicted molar refractivity (Wildman–Crippen MR) is 87.1 cm³/mol. The molecule has 0 radical (unpaired) electrons. The van der Waals surface area contributed by atoms with E-state index in [1.165, 1.54) is 19.2 Å². The lowest BCUT2D eigenvalue weighted by Gasteiger charge is -2.11. The lowest BCUT2D eigenvalue weighted by atomic mass is 10.0. The van der Waals surface area contributed by atoms with Crippen molar-refractivity contribution in [2.45, 2.75) is 12.8 Å². The van der Waals surface area contributed by atoms with Gasteiger partial charge in [0.2, 0.25) is 0 Å². The highest BCUT2D eigenvalue weighted by molar-refractivity contribution is 6.00. The van der Waals surface area contributed by atoms with E-state index in [1.54, 1.807) is 30.3 Å². The molecule has 0 aliphatic carbocycles. The van der Waals surface area contributed by atoms with Crippen LogP contribution in [0.3, 0.4) is 0 Å². The molecule has 0 saturated carbocycles. The molecule has 0 spiro atoms. The summed E-state index contributed by atoms with van der Waals surface area (Å²) < 4.78 is 10.6. The van der Waals surface area contributed by atoms with Gasteiger partial charge in [-0.2, -0.15) is 5.26 Å². The van der Waals surface area contributed by atoms with Gasteiger partial charge in [-0.25, -0.2) is 0 Å². The van der Waals surface area contributed by atoms with Gasteiger partial charge in [0.1, 0.15) is 29.1 Å². The molecule has 0 aromatic heterocycles. The highest BCUT2D eigenvalue weighted by Crippen LogP contribution is 2.32. The number of nitriles is 1. The number of carbonyl (C=O) groups excluding carboxylic acids is 1. The molecule has 2 aromatic carbocycles. The average molecular weight is 341 g/mol. The Morgan fingerprint density at radius 1 is 1.08 bits per heavy atom. The van der Waals surface area contributed by atoms with Crippen LogP contribution in [0.5, 0.6) is 23.0 Å². The van der Waals surface area contributed by atoms with Crippen LogP contribution in [-0.2, 0) is 4.79 Å². The number of aromatic hydroxyl groups is 1. The molecule has 7 heteroatoms. The summed E-state index contributed by atoms with van der Waals surface area (Å²) in [6.45, 7) is 0. The maximum absolute atomic E-state index is 12.1. The molecule has 7 nitrogen and oxygen atoms in total. The fourth-order valence-corrected chi connectivity index (χ4v) is 2.10. The van der Waals surface area contributed by atoms with E-state index in [0.717, 1.165) is 0 Å². The number of ketones is 1. The molecule has 0 bridgehead atoms. The van der Waals surface area contributed by atoms with Crippen molar-refractivity contribution in [3.63, 3.8) is 0 Å². The molecular weight excluding hydrogens is 326 g/mol. The number of nitrogens with zero attached hydrogens (tertiary/aromatic N) is 1. The van der Waals surface area contributed by atoms with Crippen LogP contribution >= 0.6 is 0 Å². The normalized spacial score (nSPS) is 9.92. The van der Waals surface area contributed by atoms with E-state index in [9.17, 15) is 14.7 Å². The third kappa shape index (κ3) is 4.48. The largest absolute Gasteiger partial charge is 0.506 e. The molecule has 0 atom stereocenters. The quantitative estimate of drug-likeness (QED) is 0.743. The highest BCUT2D eigenvalue weighted by atomic mass is 16.5. The topological polar surface area (TPSA) is 117 Å². The average Bonchev–Trinajstić information content (AvgIpc) is 2.61. The van der Waals surface area contributed by atoms with E-state index in [2.05, 4.69) is 0 Å². The van der Waals surface area contributed by atoms with Crippen LogP contribution in [0.1, 0.15) is 28.8 Å². The molecular formula is C18H15NO6. The van der Waals surface area contributed by atoms with Gasteiger partial charge in [-0.1, -0.05) is 0 Å². The number of methoxy groups -OCH3 is 1. The van der Waals surface area contributed by atoms with Gasteiger partial charge in [0, 0.05) is 12.5 Å². The zero-order valence-corrected chi connectivity index (χ0v) is 13.4. The maximum Gasteiger partial charge on any atom is 0.303 e. The van der Waals surface area contributed by atoms with Crippen molar-refractivity contribution < 1.29 is 29.3 Å². The Morgan fingerprint density at radius 2 is 1.72 bits per heavy atom. The van der Waals surface area contributed by atoms with E-state index in [-0.39, 0.29) is 29.7 Å². The first-order valence-corrected chi connectivity index (χ1v) is 7.28. The first kappa shape index (κ1) is 17.8. The molecule has 0 aliphatic heterocycles. The second kappa shape index (κ2) is 7.84. The maximum atomic E-state index is 12.1. The number of phenolic OH excluding ortho intramolecular Hbond substituents is 1. The molecule has 25 heavy (non-hydrogen) atoms. The van der Waals surface area contributed by atoms with Crippen molar-refractivity contribution in [2.24, 2.45) is 0 Å². The number of ether oxygens (including phenoxy) is 2. The molecule has 0 aliphatic rings. The van der Waals surface area contributed by atoms with E-state index < -0.39 is 17.5 Å². The van der Waals surface area contributed by atoms with Gasteiger partial charge in [0.15, 0.2) is 5.78 Å². The third-order valence-electron chi connectivity index (χ3n) is 3.37. The Morgan fingerprint density at radius 3 is 2.28 bits per heavy atom. The number of carboxylic acids is 1. The Hall–Kier alpha value is -3.53. The number of hydrogen-bond acceptors (Lipinski definition) is 6. The van der Waals surface area contributed by atoms with Gasteiger partial charge >= 0.3 is 5.97 Å². The second-order valence-electron chi connectivity index (χ2n) is 5.07. The molecule has 128 valence electrons. The van der Waals surface area contributed by atoms with Gasteiger partial charge in [0.25, 0.3) is 0 Å². The second-order valence-corrected chi connectivity index (χ2v) is 5.07. The van der Waals surface area contributed by atoms with Crippen molar-refractivity contribution in [1.29, 1.82) is 5.26 Å². The number of hydrogen-bond donors (Lipinski definition) is 2. The minimum absolute atomic E-state index is 0.135. The molecule has 0 amide bonds. The van der Waals surface area contributed by atoms with Crippen LogP contribution in [0, 0.1) is 11.3 Å². The predicted octanol–water partition coefficient (Wildman–Crippen LogP) is 3.11. The fourth-order valence-electron chi connectivity index (χ4n) is 2.10. The molecule has 2 N–H and O–H groups in total. The van der Waals surface area contributed by atoms with Gasteiger partial charge in [0.05, 0.1) is 24.7 Å². The lowest BCUT2D eigenvalue weighted by Crippen LogP contribution is -2.05. The number of carboxylic acid groups (broad SMARTS) is 1. The summed E-state index contributed by atoms with van der Waals surface area (Å²) in [5, 5.41) is 27.8. The van der Waals surface area contributed by atoms with E-state index in [1.807, 2.05) is 0 Å². The van der Waals surface area contributed by atoms with Crippen molar-refractivity contribution in [2.75, 3.05) is 7.11 Å². The summed E-state index contributed by atoms with van der Waals surface area (Å²) in [6.07, 6.45) is -0.663. The molecule has 2 rings (SSSR count). The van der Waals surface area contributed by atoms with Crippen LogP contribution in [0.25, 0.3) is 0 Å². The molecule has 0 fully saturated rings. The monoisotopic (exact) mass is 341 g/mol. The summed E-state index contributed by atoms with van der Waals surface area (Å²) in [5.41, 5.74) is -0.284. The summed E-state index contributed by atoms with van der Waals surface area (Å²) in [7, 11) is 1.53. The third-order valence-corrected chi connectivity index (χ3v) is 3.37. The van der Waals surface area contributed by atoms with Crippen LogP contribution in [-0.4, -0.2) is 29.1 Å². The van der Waals surface area contributed by atoms with Crippen LogP contribution in [0.15, 0.2) is 36.4 Å². The number of rotatable bonds is 7. The van der Waals surface area contributed by atoms with Crippen molar-refractivity contribution >= 4 is 11.8 Å². The number of aliphatic carboxylic acids is 1. The van der Waals surface area contributed by atoms with Crippen LogP contribution < -0.4 is 9.47 Å². The van der Waals surface area contributed by atoms with Crippen LogP contribution in [0.2, 0.25) is 0 Å². The van der Waals surface area contributed by atoms with Gasteiger partial charge in [-0.05, 0) is 30.3 Å². The summed E-state index contributed by atoms with van der Waals surface area (Å²) in [4.78, 5) is 22.7. The van der Waals surface area contributed by atoms with Crippen molar-refractivity contribution in [3.05, 3.63) is 47.5 Å². The number of phenols is 1. The zero-order chi connectivity index (χ0) is 18.4. The first-order chi connectivity index (χ1) is 11.9. The molecule has 0 unspecified atom stereocenters. The number of Topliss-reactive ketones (excluding diaryl/α,β-unsaturated/α-hetero) is 1. The Bertz CT molecular complexity index is 836. The Balaban J connectivity index is 2.31. The van der Waals surface area contributed by atoms with Crippen LogP contribution in [0.4, 0.5) is 0 Å². The Labute approximate surface area is 143 Å². The van der Waals surface area contributed by atoms with E-state index in [0.29, 0.717) is 11.5 Å². The van der Waals surface area contributed by atoms with Gasteiger partial charge in [-0.3, -0.25) is 9.59 Å². The van der Waals surface area contributed by atoms with Gasteiger partial charge < -0.3 is 19.7 Å². The number of carbonyl (C=O) groups is 2. The standard InChI is InChI=1S/C18H15NO6/c1-24-12-2-4-13(5-3-12)25-14-8-11(10-19)18(23)15(9-14)16(20)6-7-17(21)22/h2-5,8-9,23H,6-7H2,1H3,(H,21,22). The zero-order valence-electron chi connectivity index (χ0n) is 13.4. The fraction of sp³-hybridized carbons (Fsp3) is 0.167. The lowest BCUT2D eigenvalue weighted by molar-refractivity contribution is -0.136. The SMILES string of the molecule is COc1ccc(Oc2cc(C#N)c(O)c(C(=O)CCC(=O)O)c2)cc1. The summed E-state index contributed by atoms with van der Waals surface area (Å²) in [6, 6.07) is 11.0. The van der Waals surface area contributed by atoms with Gasteiger partial charge in [-0.15, -0.1) is 0 Å². The minimum Gasteiger partial charge on any atom is -0.506 e.